The largest absolute Gasteiger partial charge is 0.392 e. The van der Waals surface area contributed by atoms with Crippen molar-refractivity contribution in [1.29, 1.82) is 0 Å². The van der Waals surface area contributed by atoms with Crippen LogP contribution in [0.5, 0.6) is 0 Å². The lowest BCUT2D eigenvalue weighted by atomic mass is 10.4. The molecule has 0 bridgehead atoms. The van der Waals surface area contributed by atoms with E-state index in [0.29, 0.717) is 0 Å². The number of nitrogens with zero attached hydrogens (tertiary/aromatic N) is 1. The van der Waals surface area contributed by atoms with E-state index in [2.05, 4.69) is 5.32 Å². The molecule has 0 radical (unpaired) electrons. The first-order valence-electron chi connectivity index (χ1n) is 5.28. The first-order chi connectivity index (χ1) is 8.34. The molecule has 1 aromatic heterocycles. The number of carbonyl (C=O) groups excluding carboxylic acids is 1. The number of rotatable bonds is 6. The third-order valence-electron chi connectivity index (χ3n) is 2.12. The molecule has 6 nitrogen and oxygen atoms in total. The van der Waals surface area contributed by atoms with Crippen LogP contribution in [-0.2, 0) is 14.8 Å². The van der Waals surface area contributed by atoms with E-state index >= 15 is 0 Å². The number of likely N-dealkylation sites (N-methyl/N-ethyl adjacent to an activating group) is 1. The van der Waals surface area contributed by atoms with Gasteiger partial charge in [0.25, 0.3) is 10.0 Å². The van der Waals surface area contributed by atoms with Crippen molar-refractivity contribution in [3.05, 3.63) is 17.5 Å². The molecule has 2 N–H and O–H groups in total. The van der Waals surface area contributed by atoms with Crippen molar-refractivity contribution in [2.45, 2.75) is 17.2 Å². The lowest BCUT2D eigenvalue weighted by molar-refractivity contribution is -0.121. The minimum absolute atomic E-state index is 0.103. The average Bonchev–Trinajstić information content (AvgIpc) is 2.80. The van der Waals surface area contributed by atoms with Crippen LogP contribution in [0.2, 0.25) is 0 Å². The molecule has 0 aliphatic heterocycles. The number of sulfonamides is 1. The van der Waals surface area contributed by atoms with Crippen molar-refractivity contribution in [3.63, 3.8) is 0 Å². The number of nitrogens with one attached hydrogen (secondary N) is 1. The highest BCUT2D eigenvalue weighted by atomic mass is 32.2. The van der Waals surface area contributed by atoms with Gasteiger partial charge >= 0.3 is 0 Å². The Morgan fingerprint density at radius 1 is 1.61 bits per heavy atom. The van der Waals surface area contributed by atoms with Crippen LogP contribution in [0.25, 0.3) is 0 Å². The summed E-state index contributed by atoms with van der Waals surface area (Å²) in [6, 6.07) is 3.13. The van der Waals surface area contributed by atoms with Gasteiger partial charge in [-0.1, -0.05) is 6.07 Å². The van der Waals surface area contributed by atoms with Gasteiger partial charge in [0.1, 0.15) is 4.21 Å². The van der Waals surface area contributed by atoms with Crippen LogP contribution < -0.4 is 5.32 Å². The van der Waals surface area contributed by atoms with Gasteiger partial charge in [0.2, 0.25) is 5.91 Å². The molecule has 0 aromatic carbocycles. The Labute approximate surface area is 110 Å². The SMILES string of the molecule is CC(O)CNC(=O)CN(C)S(=O)(=O)c1cccs1. The van der Waals surface area contributed by atoms with Crippen LogP contribution in [-0.4, -0.2) is 50.0 Å². The molecule has 1 unspecified atom stereocenters. The zero-order valence-electron chi connectivity index (χ0n) is 10.2. The third kappa shape index (κ3) is 4.05. The third-order valence-corrected chi connectivity index (χ3v) is 5.30. The maximum Gasteiger partial charge on any atom is 0.252 e. The van der Waals surface area contributed by atoms with Gasteiger partial charge in [-0.05, 0) is 18.4 Å². The van der Waals surface area contributed by atoms with Gasteiger partial charge in [-0.25, -0.2) is 8.42 Å². The zero-order valence-corrected chi connectivity index (χ0v) is 11.8. The molecular formula is C10H16N2O4S2. The van der Waals surface area contributed by atoms with Gasteiger partial charge in [-0.3, -0.25) is 4.79 Å². The first kappa shape index (κ1) is 15.1. The number of hydrogen-bond donors (Lipinski definition) is 2. The van der Waals surface area contributed by atoms with Gasteiger partial charge < -0.3 is 10.4 Å². The molecule has 0 aliphatic rings. The topological polar surface area (TPSA) is 86.7 Å². The van der Waals surface area contributed by atoms with E-state index in [0.717, 1.165) is 15.6 Å². The summed E-state index contributed by atoms with van der Waals surface area (Å²) in [7, 11) is -2.26. The van der Waals surface area contributed by atoms with Gasteiger partial charge in [0, 0.05) is 13.6 Å². The van der Waals surface area contributed by atoms with Crippen molar-refractivity contribution in [1.82, 2.24) is 9.62 Å². The smallest absolute Gasteiger partial charge is 0.252 e. The summed E-state index contributed by atoms with van der Waals surface area (Å²) in [5, 5.41) is 13.1. The van der Waals surface area contributed by atoms with Crippen LogP contribution in [0.15, 0.2) is 21.7 Å². The zero-order chi connectivity index (χ0) is 13.8. The number of hydrogen-bond acceptors (Lipinski definition) is 5. The molecule has 1 amide bonds. The normalized spacial score (nSPS) is 13.6. The summed E-state index contributed by atoms with van der Waals surface area (Å²) >= 11 is 1.10. The summed E-state index contributed by atoms with van der Waals surface area (Å²) in [4.78, 5) is 11.4. The predicted octanol–water partition coefficient (Wildman–Crippen LogP) is -0.134. The fraction of sp³-hybridized carbons (Fsp3) is 0.500. The highest BCUT2D eigenvalue weighted by Gasteiger charge is 2.23. The number of thiophene rings is 1. The first-order valence-corrected chi connectivity index (χ1v) is 7.60. The van der Waals surface area contributed by atoms with Gasteiger partial charge in [-0.2, -0.15) is 4.31 Å². The molecule has 0 saturated carbocycles. The maximum atomic E-state index is 12.0. The molecule has 0 saturated heterocycles. The molecule has 0 spiro atoms. The fourth-order valence-corrected chi connectivity index (χ4v) is 3.50. The summed E-state index contributed by atoms with van der Waals surface area (Å²) in [6.45, 7) is 1.37. The quantitative estimate of drug-likeness (QED) is 0.764. The van der Waals surface area contributed by atoms with Crippen LogP contribution >= 0.6 is 11.3 Å². The van der Waals surface area contributed by atoms with Crippen LogP contribution in [0.3, 0.4) is 0 Å². The summed E-state index contributed by atoms with van der Waals surface area (Å²) in [6.07, 6.45) is -0.659. The molecule has 18 heavy (non-hydrogen) atoms. The molecule has 0 aliphatic carbocycles. The summed E-state index contributed by atoms with van der Waals surface area (Å²) in [5.74, 6) is -0.446. The van der Waals surface area contributed by atoms with E-state index in [9.17, 15) is 13.2 Å². The van der Waals surface area contributed by atoms with E-state index in [1.54, 1.807) is 11.4 Å². The van der Waals surface area contributed by atoms with E-state index in [1.165, 1.54) is 20.0 Å². The van der Waals surface area contributed by atoms with E-state index in [1.807, 2.05) is 0 Å². The van der Waals surface area contributed by atoms with Crippen molar-refractivity contribution < 1.29 is 18.3 Å². The Balaban J connectivity index is 2.60. The van der Waals surface area contributed by atoms with Crippen LogP contribution in [0.4, 0.5) is 0 Å². The second kappa shape index (κ2) is 6.28. The van der Waals surface area contributed by atoms with Crippen molar-refractivity contribution in [2.24, 2.45) is 0 Å². The Hall–Kier alpha value is -0.960. The van der Waals surface area contributed by atoms with Crippen molar-refractivity contribution >= 4 is 27.3 Å². The maximum absolute atomic E-state index is 12.0. The van der Waals surface area contributed by atoms with E-state index in [4.69, 9.17) is 5.11 Å². The second-order valence-electron chi connectivity index (χ2n) is 3.85. The van der Waals surface area contributed by atoms with Crippen LogP contribution in [0, 0.1) is 0 Å². The van der Waals surface area contributed by atoms with Crippen molar-refractivity contribution in [3.8, 4) is 0 Å². The minimum Gasteiger partial charge on any atom is -0.392 e. The highest BCUT2D eigenvalue weighted by molar-refractivity contribution is 7.91. The Kier molecular flexibility index (Phi) is 5.27. The molecule has 8 heteroatoms. The number of aliphatic hydroxyl groups is 1. The molecule has 1 heterocycles. The Morgan fingerprint density at radius 3 is 2.78 bits per heavy atom. The lowest BCUT2D eigenvalue weighted by Gasteiger charge is -2.16. The molecule has 1 rings (SSSR count). The molecule has 0 fully saturated rings. The Bertz CT molecular complexity index is 482. The second-order valence-corrected chi connectivity index (χ2v) is 7.07. The van der Waals surface area contributed by atoms with Gasteiger partial charge in [0.15, 0.2) is 0 Å². The lowest BCUT2D eigenvalue weighted by Crippen LogP contribution is -2.40. The van der Waals surface area contributed by atoms with Crippen LogP contribution in [0.1, 0.15) is 6.92 Å². The van der Waals surface area contributed by atoms with E-state index in [-0.39, 0.29) is 17.3 Å². The number of carbonyl (C=O) groups is 1. The monoisotopic (exact) mass is 292 g/mol. The fourth-order valence-electron chi connectivity index (χ4n) is 1.17. The number of amides is 1. The number of aliphatic hydroxyl groups excluding tert-OH is 1. The molecule has 1 atom stereocenters. The molecule has 102 valence electrons. The summed E-state index contributed by atoms with van der Waals surface area (Å²) < 4.78 is 25.1. The van der Waals surface area contributed by atoms with E-state index < -0.39 is 22.0 Å². The summed E-state index contributed by atoms with van der Waals surface area (Å²) in [5.41, 5.74) is 0. The highest BCUT2D eigenvalue weighted by Crippen LogP contribution is 2.19. The van der Waals surface area contributed by atoms with Gasteiger partial charge in [0.05, 0.1) is 12.6 Å². The standard InChI is InChI=1S/C10H16N2O4S2/c1-8(13)6-11-9(14)7-12(2)18(15,16)10-4-3-5-17-10/h3-5,8,13H,6-7H2,1-2H3,(H,11,14). The molecular weight excluding hydrogens is 276 g/mol. The molecule has 1 aromatic rings. The van der Waals surface area contributed by atoms with Crippen molar-refractivity contribution in [2.75, 3.05) is 20.1 Å². The average molecular weight is 292 g/mol. The van der Waals surface area contributed by atoms with Gasteiger partial charge in [-0.15, -0.1) is 11.3 Å². The minimum atomic E-state index is -3.60. The Morgan fingerprint density at radius 2 is 2.28 bits per heavy atom. The predicted molar refractivity (Wildman–Crippen MR) is 68.8 cm³/mol.